The molecule has 0 bridgehead atoms. The van der Waals surface area contributed by atoms with Gasteiger partial charge in [0.25, 0.3) is 0 Å². The van der Waals surface area contributed by atoms with E-state index >= 15 is 0 Å². The van der Waals surface area contributed by atoms with Crippen molar-refractivity contribution in [3.05, 3.63) is 72.3 Å². The highest BCUT2D eigenvalue weighted by atomic mass is 16.5. The summed E-state index contributed by atoms with van der Waals surface area (Å²) in [6.07, 6.45) is 3.64. The summed E-state index contributed by atoms with van der Waals surface area (Å²) >= 11 is 0. The van der Waals surface area contributed by atoms with Gasteiger partial charge in [-0.25, -0.2) is 9.59 Å². The first-order valence-corrected chi connectivity index (χ1v) is 11.7. The number of allylic oxidation sites excluding steroid dienone is 1. The summed E-state index contributed by atoms with van der Waals surface area (Å²) in [4.78, 5) is 36.4. The van der Waals surface area contributed by atoms with E-state index in [9.17, 15) is 19.5 Å². The average molecular weight is 463 g/mol. The molecule has 0 radical (unpaired) electrons. The van der Waals surface area contributed by atoms with Crippen LogP contribution in [0.25, 0.3) is 11.1 Å². The number of ether oxygens (including phenoxy) is 1. The molecule has 0 aromatic heterocycles. The van der Waals surface area contributed by atoms with E-state index in [1.807, 2.05) is 24.3 Å². The molecule has 7 heteroatoms. The molecule has 34 heavy (non-hydrogen) atoms. The fourth-order valence-electron chi connectivity index (χ4n) is 4.99. The van der Waals surface area contributed by atoms with Crippen molar-refractivity contribution in [3.8, 4) is 11.1 Å². The van der Waals surface area contributed by atoms with Crippen LogP contribution in [0.15, 0.2) is 61.2 Å². The summed E-state index contributed by atoms with van der Waals surface area (Å²) in [5, 5.41) is 14.8. The summed E-state index contributed by atoms with van der Waals surface area (Å²) in [5.41, 5.74) is 4.64. The van der Waals surface area contributed by atoms with E-state index in [1.54, 1.807) is 6.08 Å². The molecule has 2 aliphatic carbocycles. The number of fused-ring (bicyclic) bond motifs is 3. The first kappa shape index (κ1) is 23.5. The van der Waals surface area contributed by atoms with Gasteiger partial charge in [0.05, 0.1) is 0 Å². The molecule has 178 valence electrons. The van der Waals surface area contributed by atoms with Crippen molar-refractivity contribution >= 4 is 18.0 Å². The molecule has 0 aliphatic heterocycles. The predicted molar refractivity (Wildman–Crippen MR) is 128 cm³/mol. The van der Waals surface area contributed by atoms with E-state index in [0.717, 1.165) is 11.1 Å². The zero-order valence-corrected chi connectivity index (χ0v) is 19.0. The first-order chi connectivity index (χ1) is 16.5. The van der Waals surface area contributed by atoms with Gasteiger partial charge in [-0.2, -0.15) is 0 Å². The molecule has 7 nitrogen and oxygen atoms in total. The highest BCUT2D eigenvalue weighted by molar-refractivity contribution is 5.85. The van der Waals surface area contributed by atoms with Crippen LogP contribution < -0.4 is 10.6 Å². The van der Waals surface area contributed by atoms with Crippen LogP contribution in [0.3, 0.4) is 0 Å². The first-order valence-electron chi connectivity index (χ1n) is 11.7. The number of rotatable bonds is 9. The highest BCUT2D eigenvalue weighted by Gasteiger charge is 2.34. The van der Waals surface area contributed by atoms with Gasteiger partial charge in [0, 0.05) is 17.9 Å². The second kappa shape index (κ2) is 10.5. The minimum Gasteiger partial charge on any atom is -0.480 e. The van der Waals surface area contributed by atoms with Gasteiger partial charge in [0.2, 0.25) is 5.91 Å². The number of hydrogen-bond acceptors (Lipinski definition) is 4. The summed E-state index contributed by atoms with van der Waals surface area (Å²) < 4.78 is 5.60. The van der Waals surface area contributed by atoms with Gasteiger partial charge in [0.15, 0.2) is 0 Å². The van der Waals surface area contributed by atoms with E-state index in [4.69, 9.17) is 4.74 Å². The number of alkyl carbamates (subject to hydrolysis) is 1. The monoisotopic (exact) mass is 462 g/mol. The molecule has 4 rings (SSSR count). The summed E-state index contributed by atoms with van der Waals surface area (Å²) in [7, 11) is 0. The SMILES string of the molecule is C=CCCC(NC(=O)[C@@H]1CC[C@H](NC(=O)OCC2c3ccccc3-c3ccccc32)C1)C(=O)O. The number of carbonyl (C=O) groups excluding carboxylic acids is 2. The van der Waals surface area contributed by atoms with Crippen LogP contribution in [0.5, 0.6) is 0 Å². The number of hydrogen-bond donors (Lipinski definition) is 3. The number of aliphatic carboxylic acids is 1. The molecule has 3 atom stereocenters. The Morgan fingerprint density at radius 2 is 1.71 bits per heavy atom. The molecule has 1 saturated carbocycles. The van der Waals surface area contributed by atoms with Gasteiger partial charge in [-0.3, -0.25) is 4.79 Å². The molecule has 3 N–H and O–H groups in total. The van der Waals surface area contributed by atoms with Crippen LogP contribution in [0, 0.1) is 5.92 Å². The van der Waals surface area contributed by atoms with Crippen molar-refractivity contribution in [2.45, 2.75) is 50.1 Å². The van der Waals surface area contributed by atoms with Crippen LogP contribution in [0.1, 0.15) is 49.1 Å². The second-order valence-electron chi connectivity index (χ2n) is 8.94. The van der Waals surface area contributed by atoms with E-state index < -0.39 is 18.1 Å². The van der Waals surface area contributed by atoms with Crippen LogP contribution in [0.2, 0.25) is 0 Å². The van der Waals surface area contributed by atoms with Gasteiger partial charge in [0.1, 0.15) is 12.6 Å². The average Bonchev–Trinajstić information content (AvgIpc) is 3.43. The number of carboxylic acids is 1. The van der Waals surface area contributed by atoms with Crippen LogP contribution in [-0.4, -0.2) is 41.8 Å². The molecule has 2 aromatic carbocycles. The van der Waals surface area contributed by atoms with E-state index in [2.05, 4.69) is 41.5 Å². The lowest BCUT2D eigenvalue weighted by atomic mass is 9.98. The van der Waals surface area contributed by atoms with Crippen molar-refractivity contribution in [1.29, 1.82) is 0 Å². The van der Waals surface area contributed by atoms with Crippen LogP contribution in [-0.2, 0) is 14.3 Å². The van der Waals surface area contributed by atoms with Crippen molar-refractivity contribution in [1.82, 2.24) is 10.6 Å². The molecule has 1 fully saturated rings. The Hall–Kier alpha value is -3.61. The third kappa shape index (κ3) is 5.14. The zero-order valence-electron chi connectivity index (χ0n) is 19.0. The summed E-state index contributed by atoms with van der Waals surface area (Å²) in [6.45, 7) is 3.83. The molecule has 0 heterocycles. The van der Waals surface area contributed by atoms with Crippen molar-refractivity contribution in [3.63, 3.8) is 0 Å². The van der Waals surface area contributed by atoms with Crippen molar-refractivity contribution in [2.75, 3.05) is 6.61 Å². The lowest BCUT2D eigenvalue weighted by Crippen LogP contribution is -2.43. The molecule has 2 aliphatic rings. The number of carboxylic acid groups (broad SMARTS) is 1. The topological polar surface area (TPSA) is 105 Å². The lowest BCUT2D eigenvalue weighted by Gasteiger charge is -2.18. The largest absolute Gasteiger partial charge is 0.480 e. The maximum atomic E-state index is 12.5. The van der Waals surface area contributed by atoms with Gasteiger partial charge >= 0.3 is 12.1 Å². The van der Waals surface area contributed by atoms with Gasteiger partial charge in [-0.1, -0.05) is 54.6 Å². The standard InChI is InChI=1S/C27H30N2O5/c1-2-3-12-24(26(31)32)29-25(30)17-13-14-18(15-17)28-27(33)34-16-23-21-10-6-4-8-19(21)20-9-5-7-11-22(20)23/h2,4-11,17-18,23-24H,1,3,12-16H2,(H,28,33)(H,29,30)(H,31,32)/t17-,18+,24?/m1/s1. The zero-order chi connectivity index (χ0) is 24.1. The van der Waals surface area contributed by atoms with Crippen molar-refractivity contribution < 1.29 is 24.2 Å². The highest BCUT2D eigenvalue weighted by Crippen LogP contribution is 2.44. The summed E-state index contributed by atoms with van der Waals surface area (Å²) in [6, 6.07) is 15.2. The number of nitrogens with one attached hydrogen (secondary N) is 2. The van der Waals surface area contributed by atoms with E-state index in [0.29, 0.717) is 32.1 Å². The fourth-order valence-corrected chi connectivity index (χ4v) is 4.99. The second-order valence-corrected chi connectivity index (χ2v) is 8.94. The molecule has 1 unspecified atom stereocenters. The van der Waals surface area contributed by atoms with Crippen molar-refractivity contribution in [2.24, 2.45) is 5.92 Å². The third-order valence-corrected chi connectivity index (χ3v) is 6.74. The Bertz CT molecular complexity index is 1040. The number of amides is 2. The fraction of sp³-hybridized carbons (Fsp3) is 0.370. The molecule has 2 aromatic rings. The molecule has 0 saturated heterocycles. The Balaban J connectivity index is 1.28. The molecular formula is C27H30N2O5. The maximum Gasteiger partial charge on any atom is 0.407 e. The maximum absolute atomic E-state index is 12.5. The van der Waals surface area contributed by atoms with E-state index in [-0.39, 0.29) is 30.4 Å². The lowest BCUT2D eigenvalue weighted by molar-refractivity contribution is -0.142. The number of carbonyl (C=O) groups is 3. The smallest absolute Gasteiger partial charge is 0.407 e. The van der Waals surface area contributed by atoms with E-state index in [1.165, 1.54) is 11.1 Å². The molecule has 2 amide bonds. The molecular weight excluding hydrogens is 432 g/mol. The quantitative estimate of drug-likeness (QED) is 0.484. The predicted octanol–water partition coefficient (Wildman–Crippen LogP) is 4.23. The number of benzene rings is 2. The minimum absolute atomic E-state index is 0.0104. The minimum atomic E-state index is -1.05. The summed E-state index contributed by atoms with van der Waals surface area (Å²) in [5.74, 6) is -1.68. The van der Waals surface area contributed by atoms with Crippen LogP contribution >= 0.6 is 0 Å². The Morgan fingerprint density at radius 1 is 1.06 bits per heavy atom. The van der Waals surface area contributed by atoms with Gasteiger partial charge in [-0.05, 0) is 54.4 Å². The normalized spacial score (nSPS) is 19.5. The Labute approximate surface area is 199 Å². The Morgan fingerprint density at radius 3 is 2.32 bits per heavy atom. The van der Waals surface area contributed by atoms with Gasteiger partial charge < -0.3 is 20.5 Å². The molecule has 0 spiro atoms. The van der Waals surface area contributed by atoms with Crippen LogP contribution in [0.4, 0.5) is 4.79 Å². The third-order valence-electron chi connectivity index (χ3n) is 6.74. The van der Waals surface area contributed by atoms with Gasteiger partial charge in [-0.15, -0.1) is 6.58 Å². The Kier molecular flexibility index (Phi) is 7.30.